The molecule has 0 aliphatic rings. The van der Waals surface area contributed by atoms with Crippen LogP contribution in [0.15, 0.2) is 34.1 Å². The molecule has 0 saturated carbocycles. The number of aryl methyl sites for hydroxylation is 2. The van der Waals surface area contributed by atoms with E-state index in [9.17, 15) is 10.2 Å². The Morgan fingerprint density at radius 2 is 1.04 bits per heavy atom. The summed E-state index contributed by atoms with van der Waals surface area (Å²) in [6.45, 7) is 17.0. The molecule has 0 unspecified atom stereocenters. The summed E-state index contributed by atoms with van der Waals surface area (Å²) in [5.41, 5.74) is 3.79. The molecule has 0 aliphatic carbocycles. The zero-order chi connectivity index (χ0) is 20.6. The fraction of sp³-hybridized carbons (Fsp3) is 0.500. The second kappa shape index (κ2) is 7.79. The summed E-state index contributed by atoms with van der Waals surface area (Å²) < 4.78 is 0. The van der Waals surface area contributed by atoms with E-state index in [1.807, 2.05) is 26.0 Å². The van der Waals surface area contributed by atoms with Crippen LogP contribution in [0.2, 0.25) is 0 Å². The van der Waals surface area contributed by atoms with E-state index in [-0.39, 0.29) is 10.8 Å². The van der Waals surface area contributed by atoms with Gasteiger partial charge in [-0.1, -0.05) is 53.3 Å². The standard InChI is InChI=1S/C24H34O2S/c1-9-23(5,6)21-17(25)11-15(3)13-19(21)27-20-14-16(4)12-18(26)22(20)24(7,8)10-2/h11-14,25-26H,9-10H2,1-8H3. The number of hydrogen-bond acceptors (Lipinski definition) is 3. The van der Waals surface area contributed by atoms with Gasteiger partial charge in [0.15, 0.2) is 0 Å². The van der Waals surface area contributed by atoms with Gasteiger partial charge in [0.25, 0.3) is 0 Å². The van der Waals surface area contributed by atoms with E-state index < -0.39 is 0 Å². The molecule has 0 saturated heterocycles. The molecule has 27 heavy (non-hydrogen) atoms. The minimum atomic E-state index is -0.133. The van der Waals surface area contributed by atoms with Gasteiger partial charge in [0.2, 0.25) is 0 Å². The normalized spacial score (nSPS) is 12.4. The highest BCUT2D eigenvalue weighted by atomic mass is 32.2. The van der Waals surface area contributed by atoms with Gasteiger partial charge in [0.1, 0.15) is 11.5 Å². The predicted molar refractivity (Wildman–Crippen MR) is 116 cm³/mol. The molecule has 0 spiro atoms. The van der Waals surface area contributed by atoms with Crippen molar-refractivity contribution in [1.29, 1.82) is 0 Å². The summed E-state index contributed by atoms with van der Waals surface area (Å²) in [4.78, 5) is 2.13. The van der Waals surface area contributed by atoms with Crippen molar-refractivity contribution in [1.82, 2.24) is 0 Å². The van der Waals surface area contributed by atoms with Crippen LogP contribution in [0.1, 0.15) is 76.6 Å². The molecule has 3 heteroatoms. The molecule has 0 atom stereocenters. The lowest BCUT2D eigenvalue weighted by Crippen LogP contribution is -2.18. The molecule has 0 fully saturated rings. The number of rotatable bonds is 6. The van der Waals surface area contributed by atoms with Crippen LogP contribution >= 0.6 is 11.8 Å². The molecule has 0 amide bonds. The third-order valence-electron chi connectivity index (χ3n) is 5.79. The minimum absolute atomic E-state index is 0.133. The third kappa shape index (κ3) is 4.45. The van der Waals surface area contributed by atoms with E-state index in [0.29, 0.717) is 11.5 Å². The van der Waals surface area contributed by atoms with Gasteiger partial charge in [0.05, 0.1) is 0 Å². The molecule has 148 valence electrons. The number of aromatic hydroxyl groups is 2. The highest BCUT2D eigenvalue weighted by Gasteiger charge is 2.29. The van der Waals surface area contributed by atoms with Crippen LogP contribution in [-0.4, -0.2) is 10.2 Å². The van der Waals surface area contributed by atoms with Crippen molar-refractivity contribution < 1.29 is 10.2 Å². The molecular weight excluding hydrogens is 352 g/mol. The Kier molecular flexibility index (Phi) is 6.26. The Morgan fingerprint density at radius 3 is 1.33 bits per heavy atom. The SMILES string of the molecule is CCC(C)(C)c1c(O)cc(C)cc1Sc1cc(C)cc(O)c1C(C)(C)CC. The monoisotopic (exact) mass is 386 g/mol. The zero-order valence-electron chi connectivity index (χ0n) is 18.0. The first-order chi connectivity index (χ1) is 12.4. The van der Waals surface area contributed by atoms with Crippen LogP contribution in [0.3, 0.4) is 0 Å². The number of benzene rings is 2. The third-order valence-corrected chi connectivity index (χ3v) is 6.88. The molecule has 0 aliphatic heterocycles. The lowest BCUT2D eigenvalue weighted by molar-refractivity contribution is 0.421. The van der Waals surface area contributed by atoms with Crippen molar-refractivity contribution in [2.75, 3.05) is 0 Å². The molecule has 0 aromatic heterocycles. The van der Waals surface area contributed by atoms with Gasteiger partial charge in [-0.15, -0.1) is 0 Å². The molecule has 0 bridgehead atoms. The van der Waals surface area contributed by atoms with Crippen LogP contribution in [0.25, 0.3) is 0 Å². The Morgan fingerprint density at radius 1 is 0.704 bits per heavy atom. The molecule has 2 rings (SSSR count). The van der Waals surface area contributed by atoms with Gasteiger partial charge in [-0.05, 0) is 72.9 Å². The van der Waals surface area contributed by atoms with Crippen molar-refractivity contribution in [3.8, 4) is 11.5 Å². The average molecular weight is 387 g/mol. The van der Waals surface area contributed by atoms with Crippen molar-refractivity contribution in [2.45, 2.75) is 88.9 Å². The topological polar surface area (TPSA) is 40.5 Å². The highest BCUT2D eigenvalue weighted by molar-refractivity contribution is 7.99. The average Bonchev–Trinajstić information content (AvgIpc) is 2.52. The first-order valence-electron chi connectivity index (χ1n) is 9.79. The second-order valence-corrected chi connectivity index (χ2v) is 9.98. The van der Waals surface area contributed by atoms with Crippen LogP contribution in [0.5, 0.6) is 11.5 Å². The maximum absolute atomic E-state index is 10.7. The van der Waals surface area contributed by atoms with Gasteiger partial charge >= 0.3 is 0 Å². The van der Waals surface area contributed by atoms with E-state index in [0.717, 1.165) is 44.9 Å². The largest absolute Gasteiger partial charge is 0.508 e. The van der Waals surface area contributed by atoms with Gasteiger partial charge in [-0.25, -0.2) is 0 Å². The summed E-state index contributed by atoms with van der Waals surface area (Å²) in [7, 11) is 0. The number of hydrogen-bond donors (Lipinski definition) is 2. The molecule has 2 nitrogen and oxygen atoms in total. The quantitative estimate of drug-likeness (QED) is 0.549. The van der Waals surface area contributed by atoms with Gasteiger partial charge in [-0.2, -0.15) is 0 Å². The molecule has 2 aromatic carbocycles. The lowest BCUT2D eigenvalue weighted by atomic mass is 9.81. The Hall–Kier alpha value is -1.61. The number of phenolic OH excluding ortho intramolecular Hbond substituents is 2. The van der Waals surface area contributed by atoms with Crippen molar-refractivity contribution in [3.63, 3.8) is 0 Å². The van der Waals surface area contributed by atoms with Crippen LogP contribution in [0, 0.1) is 13.8 Å². The number of phenols is 2. The molecular formula is C24H34O2S. The molecule has 0 radical (unpaired) electrons. The van der Waals surface area contributed by atoms with Gasteiger partial charge in [0, 0.05) is 20.9 Å². The molecule has 2 N–H and O–H groups in total. The van der Waals surface area contributed by atoms with E-state index in [4.69, 9.17) is 0 Å². The van der Waals surface area contributed by atoms with E-state index in [2.05, 4.69) is 53.7 Å². The smallest absolute Gasteiger partial charge is 0.120 e. The first-order valence-corrected chi connectivity index (χ1v) is 10.6. The fourth-order valence-corrected chi connectivity index (χ4v) is 5.16. The molecule has 0 heterocycles. The summed E-state index contributed by atoms with van der Waals surface area (Å²) >= 11 is 1.66. The van der Waals surface area contributed by atoms with Gasteiger partial charge < -0.3 is 10.2 Å². The Bertz CT molecular complexity index is 765. The Labute approximate surface area is 169 Å². The molecule has 2 aromatic rings. The summed E-state index contributed by atoms with van der Waals surface area (Å²) in [6, 6.07) is 8.00. The highest BCUT2D eigenvalue weighted by Crippen LogP contribution is 2.48. The summed E-state index contributed by atoms with van der Waals surface area (Å²) in [5.74, 6) is 0.718. The van der Waals surface area contributed by atoms with Crippen molar-refractivity contribution in [2.24, 2.45) is 0 Å². The maximum Gasteiger partial charge on any atom is 0.120 e. The maximum atomic E-state index is 10.7. The lowest BCUT2D eigenvalue weighted by Gasteiger charge is -2.30. The van der Waals surface area contributed by atoms with Crippen molar-refractivity contribution >= 4 is 11.8 Å². The second-order valence-electron chi connectivity index (χ2n) is 8.89. The first kappa shape index (κ1) is 21.7. The van der Waals surface area contributed by atoms with Crippen LogP contribution in [0.4, 0.5) is 0 Å². The fourth-order valence-electron chi connectivity index (χ4n) is 3.46. The summed E-state index contributed by atoms with van der Waals surface area (Å²) in [5, 5.41) is 21.5. The minimum Gasteiger partial charge on any atom is -0.508 e. The summed E-state index contributed by atoms with van der Waals surface area (Å²) in [6.07, 6.45) is 1.87. The van der Waals surface area contributed by atoms with E-state index >= 15 is 0 Å². The van der Waals surface area contributed by atoms with Gasteiger partial charge in [-0.3, -0.25) is 0 Å². The van der Waals surface area contributed by atoms with Crippen LogP contribution < -0.4 is 0 Å². The predicted octanol–water partition coefficient (Wildman–Crippen LogP) is 7.24. The van der Waals surface area contributed by atoms with Crippen molar-refractivity contribution in [3.05, 3.63) is 46.5 Å². The zero-order valence-corrected chi connectivity index (χ0v) is 18.8. The van der Waals surface area contributed by atoms with E-state index in [1.54, 1.807) is 11.8 Å². The Balaban J connectivity index is 2.72. The van der Waals surface area contributed by atoms with E-state index in [1.165, 1.54) is 0 Å². The van der Waals surface area contributed by atoms with Crippen LogP contribution in [-0.2, 0) is 10.8 Å².